The van der Waals surface area contributed by atoms with E-state index in [9.17, 15) is 0 Å². The minimum absolute atomic E-state index is 0.0568. The maximum Gasteiger partial charge on any atom is 0.0190 e. The Morgan fingerprint density at radius 1 is 1.00 bits per heavy atom. The molecule has 1 nitrogen and oxygen atoms in total. The van der Waals surface area contributed by atoms with Gasteiger partial charge in [-0.15, -0.1) is 0 Å². The third-order valence-corrected chi connectivity index (χ3v) is 4.28. The lowest BCUT2D eigenvalue weighted by Gasteiger charge is -2.53. The molecule has 1 atom stereocenters. The van der Waals surface area contributed by atoms with Gasteiger partial charge in [0.15, 0.2) is 0 Å². The Kier molecular flexibility index (Phi) is 3.79. The summed E-state index contributed by atoms with van der Waals surface area (Å²) >= 11 is 0. The van der Waals surface area contributed by atoms with E-state index in [1.165, 1.54) is 32.1 Å². The molecule has 0 aromatic heterocycles. The van der Waals surface area contributed by atoms with Gasteiger partial charge in [0, 0.05) is 5.54 Å². The minimum atomic E-state index is 0.0568. The molecule has 96 valence electrons. The van der Waals surface area contributed by atoms with E-state index in [1.54, 1.807) is 0 Å². The zero-order valence-electron chi connectivity index (χ0n) is 12.2. The molecule has 0 saturated heterocycles. The molecule has 1 fully saturated rings. The molecule has 0 aromatic rings. The van der Waals surface area contributed by atoms with Crippen LogP contribution in [0.2, 0.25) is 0 Å². The Labute approximate surface area is 102 Å². The standard InChI is InChI=1S/C15H31N/c1-7-8-12(2)15(16)10-13(3,4)9-14(5,6)11-15/h12H,7-11,16H2,1-6H3. The average Bonchev–Trinajstić information content (AvgIpc) is 1.97. The highest BCUT2D eigenvalue weighted by Crippen LogP contribution is 2.51. The van der Waals surface area contributed by atoms with Gasteiger partial charge in [-0.25, -0.2) is 0 Å². The van der Waals surface area contributed by atoms with E-state index < -0.39 is 0 Å². The minimum Gasteiger partial charge on any atom is -0.325 e. The van der Waals surface area contributed by atoms with Crippen LogP contribution in [0.1, 0.15) is 73.6 Å². The van der Waals surface area contributed by atoms with Crippen LogP contribution in [0.5, 0.6) is 0 Å². The monoisotopic (exact) mass is 225 g/mol. The third kappa shape index (κ3) is 3.23. The van der Waals surface area contributed by atoms with Gasteiger partial charge in [-0.2, -0.15) is 0 Å². The van der Waals surface area contributed by atoms with E-state index in [-0.39, 0.29) is 5.54 Å². The summed E-state index contributed by atoms with van der Waals surface area (Å²) in [5, 5.41) is 0. The van der Waals surface area contributed by atoms with E-state index in [2.05, 4.69) is 41.5 Å². The fourth-order valence-corrected chi connectivity index (χ4v) is 4.33. The molecule has 0 aliphatic heterocycles. The second-order valence-electron chi connectivity index (χ2n) is 7.78. The fraction of sp³-hybridized carbons (Fsp3) is 1.00. The largest absolute Gasteiger partial charge is 0.325 e. The van der Waals surface area contributed by atoms with Crippen LogP contribution < -0.4 is 5.73 Å². The molecule has 0 bridgehead atoms. The van der Waals surface area contributed by atoms with Crippen molar-refractivity contribution in [1.82, 2.24) is 0 Å². The van der Waals surface area contributed by atoms with Gasteiger partial charge in [0.1, 0.15) is 0 Å². The summed E-state index contributed by atoms with van der Waals surface area (Å²) in [7, 11) is 0. The Hall–Kier alpha value is -0.0400. The van der Waals surface area contributed by atoms with Crippen molar-refractivity contribution in [1.29, 1.82) is 0 Å². The van der Waals surface area contributed by atoms with Crippen LogP contribution in [0.25, 0.3) is 0 Å². The summed E-state index contributed by atoms with van der Waals surface area (Å²) < 4.78 is 0. The van der Waals surface area contributed by atoms with Crippen molar-refractivity contribution in [3.8, 4) is 0 Å². The first-order valence-electron chi connectivity index (χ1n) is 6.89. The van der Waals surface area contributed by atoms with E-state index >= 15 is 0 Å². The van der Waals surface area contributed by atoms with E-state index in [0.717, 1.165) is 0 Å². The fourth-order valence-electron chi connectivity index (χ4n) is 4.33. The maximum atomic E-state index is 6.74. The summed E-state index contributed by atoms with van der Waals surface area (Å²) in [4.78, 5) is 0. The van der Waals surface area contributed by atoms with Crippen LogP contribution in [-0.2, 0) is 0 Å². The molecule has 0 radical (unpaired) electrons. The molecule has 1 rings (SSSR count). The Morgan fingerprint density at radius 3 is 1.81 bits per heavy atom. The van der Waals surface area contributed by atoms with Gasteiger partial charge in [0.05, 0.1) is 0 Å². The lowest BCUT2D eigenvalue weighted by Crippen LogP contribution is -2.56. The number of hydrogen-bond acceptors (Lipinski definition) is 1. The lowest BCUT2D eigenvalue weighted by molar-refractivity contribution is 0.0196. The van der Waals surface area contributed by atoms with Crippen molar-refractivity contribution in [2.75, 3.05) is 0 Å². The SMILES string of the molecule is CCCC(C)C1(N)CC(C)(C)CC(C)(C)C1. The molecule has 1 saturated carbocycles. The third-order valence-electron chi connectivity index (χ3n) is 4.28. The molecular weight excluding hydrogens is 194 g/mol. The molecule has 2 N–H and O–H groups in total. The Bertz CT molecular complexity index is 224. The van der Waals surface area contributed by atoms with Crippen LogP contribution in [0, 0.1) is 16.7 Å². The van der Waals surface area contributed by atoms with Crippen LogP contribution in [0.15, 0.2) is 0 Å². The second kappa shape index (κ2) is 4.33. The van der Waals surface area contributed by atoms with Gasteiger partial charge in [0.25, 0.3) is 0 Å². The van der Waals surface area contributed by atoms with Crippen molar-refractivity contribution in [3.05, 3.63) is 0 Å². The van der Waals surface area contributed by atoms with Crippen molar-refractivity contribution in [2.24, 2.45) is 22.5 Å². The van der Waals surface area contributed by atoms with Gasteiger partial charge in [-0.05, 0) is 42.4 Å². The first-order chi connectivity index (χ1) is 7.10. The predicted molar refractivity (Wildman–Crippen MR) is 72.4 cm³/mol. The number of hydrogen-bond donors (Lipinski definition) is 1. The lowest BCUT2D eigenvalue weighted by atomic mass is 9.55. The van der Waals surface area contributed by atoms with Gasteiger partial charge in [-0.3, -0.25) is 0 Å². The van der Waals surface area contributed by atoms with Gasteiger partial charge >= 0.3 is 0 Å². The Morgan fingerprint density at radius 2 is 1.44 bits per heavy atom. The molecular formula is C15H31N. The molecule has 1 aliphatic carbocycles. The number of rotatable bonds is 3. The average molecular weight is 225 g/mol. The quantitative estimate of drug-likeness (QED) is 0.759. The van der Waals surface area contributed by atoms with Crippen LogP contribution >= 0.6 is 0 Å². The van der Waals surface area contributed by atoms with Gasteiger partial charge in [-0.1, -0.05) is 48.0 Å². The summed E-state index contributed by atoms with van der Waals surface area (Å²) in [5.41, 5.74) is 7.60. The first-order valence-corrected chi connectivity index (χ1v) is 6.89. The smallest absolute Gasteiger partial charge is 0.0190 e. The van der Waals surface area contributed by atoms with E-state index in [4.69, 9.17) is 5.73 Å². The first kappa shape index (κ1) is 14.0. The predicted octanol–water partition coefficient (Wildman–Crippen LogP) is 4.36. The molecule has 0 aromatic carbocycles. The Balaban J connectivity index is 2.87. The number of nitrogens with two attached hydrogens (primary N) is 1. The van der Waals surface area contributed by atoms with E-state index in [0.29, 0.717) is 16.7 Å². The van der Waals surface area contributed by atoms with Crippen molar-refractivity contribution in [2.45, 2.75) is 79.2 Å². The van der Waals surface area contributed by atoms with Crippen molar-refractivity contribution < 1.29 is 0 Å². The van der Waals surface area contributed by atoms with Crippen LogP contribution in [0.3, 0.4) is 0 Å². The second-order valence-corrected chi connectivity index (χ2v) is 7.78. The zero-order valence-corrected chi connectivity index (χ0v) is 12.2. The van der Waals surface area contributed by atoms with Crippen molar-refractivity contribution in [3.63, 3.8) is 0 Å². The highest BCUT2D eigenvalue weighted by molar-refractivity contribution is 5.02. The normalized spacial score (nSPS) is 28.7. The molecule has 1 heteroatoms. The summed E-state index contributed by atoms with van der Waals surface area (Å²) in [6, 6.07) is 0. The molecule has 0 heterocycles. The van der Waals surface area contributed by atoms with Crippen LogP contribution in [-0.4, -0.2) is 5.54 Å². The highest BCUT2D eigenvalue weighted by Gasteiger charge is 2.47. The molecule has 1 aliphatic rings. The van der Waals surface area contributed by atoms with Gasteiger partial charge in [0.2, 0.25) is 0 Å². The maximum absolute atomic E-state index is 6.74. The summed E-state index contributed by atoms with van der Waals surface area (Å²) in [6.07, 6.45) is 6.19. The molecule has 0 spiro atoms. The van der Waals surface area contributed by atoms with Crippen LogP contribution in [0.4, 0.5) is 0 Å². The van der Waals surface area contributed by atoms with Crippen molar-refractivity contribution >= 4 is 0 Å². The molecule has 16 heavy (non-hydrogen) atoms. The topological polar surface area (TPSA) is 26.0 Å². The molecule has 1 unspecified atom stereocenters. The summed E-state index contributed by atoms with van der Waals surface area (Å²) in [6.45, 7) is 14.1. The van der Waals surface area contributed by atoms with Gasteiger partial charge < -0.3 is 5.73 Å². The summed E-state index contributed by atoms with van der Waals surface area (Å²) in [5.74, 6) is 0.649. The molecule has 0 amide bonds. The van der Waals surface area contributed by atoms with E-state index in [1.807, 2.05) is 0 Å². The highest BCUT2D eigenvalue weighted by atomic mass is 14.8. The zero-order chi connectivity index (χ0) is 12.6.